The van der Waals surface area contributed by atoms with E-state index in [1.54, 1.807) is 0 Å². The molecular formula is C13H28N2S. The third-order valence-corrected chi connectivity index (χ3v) is 4.04. The number of hydrogen-bond donors (Lipinski definition) is 2. The summed E-state index contributed by atoms with van der Waals surface area (Å²) in [4.78, 5) is 0. The lowest BCUT2D eigenvalue weighted by Gasteiger charge is -2.22. The molecule has 1 saturated heterocycles. The van der Waals surface area contributed by atoms with Crippen LogP contribution in [0.3, 0.4) is 0 Å². The summed E-state index contributed by atoms with van der Waals surface area (Å²) in [7, 11) is 0. The second-order valence-electron chi connectivity index (χ2n) is 4.80. The molecule has 1 heterocycles. The first-order valence-electron chi connectivity index (χ1n) is 6.84. The zero-order chi connectivity index (χ0) is 11.5. The summed E-state index contributed by atoms with van der Waals surface area (Å²) >= 11 is 1.97. The van der Waals surface area contributed by atoms with Gasteiger partial charge in [-0.15, -0.1) is 0 Å². The topological polar surface area (TPSA) is 24.1 Å². The normalized spacial score (nSPS) is 17.8. The van der Waals surface area contributed by atoms with Gasteiger partial charge in [-0.3, -0.25) is 0 Å². The van der Waals surface area contributed by atoms with Gasteiger partial charge in [-0.2, -0.15) is 11.8 Å². The van der Waals surface area contributed by atoms with Crippen molar-refractivity contribution in [3.8, 4) is 0 Å². The van der Waals surface area contributed by atoms with E-state index in [1.165, 1.54) is 70.5 Å². The lowest BCUT2D eigenvalue weighted by Crippen LogP contribution is -2.33. The van der Waals surface area contributed by atoms with E-state index in [2.05, 4.69) is 16.9 Å². The maximum absolute atomic E-state index is 3.61. The van der Waals surface area contributed by atoms with Gasteiger partial charge in [0.2, 0.25) is 0 Å². The molecule has 1 rings (SSSR count). The largest absolute Gasteiger partial charge is 0.317 e. The van der Waals surface area contributed by atoms with Crippen molar-refractivity contribution in [1.82, 2.24) is 10.6 Å². The van der Waals surface area contributed by atoms with Crippen LogP contribution in [-0.2, 0) is 0 Å². The summed E-state index contributed by atoms with van der Waals surface area (Å²) < 4.78 is 0. The minimum Gasteiger partial charge on any atom is -0.317 e. The van der Waals surface area contributed by atoms with Crippen LogP contribution in [0.1, 0.15) is 38.5 Å². The van der Waals surface area contributed by atoms with Gasteiger partial charge in [0.05, 0.1) is 0 Å². The summed E-state index contributed by atoms with van der Waals surface area (Å²) in [6.07, 6.45) is 10.5. The molecule has 0 aromatic heterocycles. The Bertz CT molecular complexity index is 147. The second kappa shape index (κ2) is 10.4. The molecule has 0 saturated carbocycles. The average molecular weight is 244 g/mol. The molecule has 1 aliphatic rings. The number of nitrogens with one attached hydrogen (secondary N) is 2. The molecule has 2 nitrogen and oxygen atoms in total. The minimum absolute atomic E-state index is 0.928. The van der Waals surface area contributed by atoms with E-state index in [9.17, 15) is 0 Å². The Hall–Kier alpha value is 0.270. The minimum atomic E-state index is 0.928. The Labute approximate surface area is 105 Å². The van der Waals surface area contributed by atoms with Crippen LogP contribution in [0.5, 0.6) is 0 Å². The van der Waals surface area contributed by atoms with E-state index in [4.69, 9.17) is 0 Å². The van der Waals surface area contributed by atoms with Crippen LogP contribution in [0, 0.1) is 5.92 Å². The highest BCUT2D eigenvalue weighted by Gasteiger charge is 2.11. The number of thioether (sulfide) groups is 1. The van der Waals surface area contributed by atoms with Gasteiger partial charge < -0.3 is 10.6 Å². The Morgan fingerprint density at radius 3 is 2.62 bits per heavy atom. The molecule has 0 aromatic carbocycles. The monoisotopic (exact) mass is 244 g/mol. The molecule has 3 heteroatoms. The molecular weight excluding hydrogens is 216 g/mol. The molecule has 0 amide bonds. The third-order valence-electron chi connectivity index (χ3n) is 3.34. The van der Waals surface area contributed by atoms with E-state index < -0.39 is 0 Å². The standard InChI is InChI=1S/C13H28N2S/c1-16-11-5-3-2-4-8-15-12-13-6-9-14-10-7-13/h13-15H,2-12H2,1H3. The van der Waals surface area contributed by atoms with Crippen molar-refractivity contribution in [2.24, 2.45) is 5.92 Å². The van der Waals surface area contributed by atoms with Gasteiger partial charge >= 0.3 is 0 Å². The van der Waals surface area contributed by atoms with Crippen LogP contribution in [0.15, 0.2) is 0 Å². The smallest absolute Gasteiger partial charge is 0.00196 e. The fourth-order valence-corrected chi connectivity index (χ4v) is 2.73. The lowest BCUT2D eigenvalue weighted by atomic mass is 9.98. The highest BCUT2D eigenvalue weighted by molar-refractivity contribution is 7.98. The molecule has 0 bridgehead atoms. The van der Waals surface area contributed by atoms with Gasteiger partial charge in [0.25, 0.3) is 0 Å². The third kappa shape index (κ3) is 7.53. The van der Waals surface area contributed by atoms with Crippen LogP contribution in [0.25, 0.3) is 0 Å². The van der Waals surface area contributed by atoms with Gasteiger partial charge in [0.1, 0.15) is 0 Å². The predicted molar refractivity (Wildman–Crippen MR) is 75.3 cm³/mol. The Balaban J connectivity index is 1.77. The SMILES string of the molecule is CSCCCCCCNCC1CCNCC1. The summed E-state index contributed by atoms with van der Waals surface area (Å²) in [5.74, 6) is 2.26. The number of hydrogen-bond acceptors (Lipinski definition) is 3. The van der Waals surface area contributed by atoms with E-state index in [0.29, 0.717) is 0 Å². The predicted octanol–water partition coefficient (Wildman–Crippen LogP) is 2.50. The summed E-state index contributed by atoms with van der Waals surface area (Å²) in [5.41, 5.74) is 0. The maximum Gasteiger partial charge on any atom is -0.00196 e. The van der Waals surface area contributed by atoms with E-state index >= 15 is 0 Å². The van der Waals surface area contributed by atoms with Crippen LogP contribution < -0.4 is 10.6 Å². The van der Waals surface area contributed by atoms with Crippen molar-refractivity contribution in [3.05, 3.63) is 0 Å². The molecule has 0 aromatic rings. The van der Waals surface area contributed by atoms with E-state index in [0.717, 1.165) is 5.92 Å². The van der Waals surface area contributed by atoms with Gasteiger partial charge in [-0.25, -0.2) is 0 Å². The molecule has 2 N–H and O–H groups in total. The first-order chi connectivity index (χ1) is 7.93. The van der Waals surface area contributed by atoms with Crippen LogP contribution >= 0.6 is 11.8 Å². The van der Waals surface area contributed by atoms with Crippen LogP contribution in [0.4, 0.5) is 0 Å². The lowest BCUT2D eigenvalue weighted by molar-refractivity contribution is 0.355. The number of rotatable bonds is 9. The molecule has 0 radical (unpaired) electrons. The van der Waals surface area contributed by atoms with Gasteiger partial charge in [0, 0.05) is 0 Å². The Kier molecular flexibility index (Phi) is 9.34. The molecule has 96 valence electrons. The first kappa shape index (κ1) is 14.3. The summed E-state index contributed by atoms with van der Waals surface area (Å²) in [6, 6.07) is 0. The second-order valence-corrected chi connectivity index (χ2v) is 5.79. The van der Waals surface area contributed by atoms with Gasteiger partial charge in [-0.05, 0) is 69.8 Å². The van der Waals surface area contributed by atoms with Crippen molar-refractivity contribution in [1.29, 1.82) is 0 Å². The van der Waals surface area contributed by atoms with Crippen molar-refractivity contribution in [2.45, 2.75) is 38.5 Å². The zero-order valence-electron chi connectivity index (χ0n) is 10.8. The number of piperidine rings is 1. The Morgan fingerprint density at radius 1 is 1.12 bits per heavy atom. The van der Waals surface area contributed by atoms with Crippen LogP contribution in [0.2, 0.25) is 0 Å². The van der Waals surface area contributed by atoms with E-state index in [1.807, 2.05) is 11.8 Å². The highest BCUT2D eigenvalue weighted by atomic mass is 32.2. The van der Waals surface area contributed by atoms with Crippen molar-refractivity contribution in [3.63, 3.8) is 0 Å². The quantitative estimate of drug-likeness (QED) is 0.609. The molecule has 0 spiro atoms. The fourth-order valence-electron chi connectivity index (χ4n) is 2.24. The van der Waals surface area contributed by atoms with Crippen molar-refractivity contribution in [2.75, 3.05) is 38.2 Å². The maximum atomic E-state index is 3.61. The van der Waals surface area contributed by atoms with Crippen molar-refractivity contribution >= 4 is 11.8 Å². The molecule has 0 aliphatic carbocycles. The molecule has 16 heavy (non-hydrogen) atoms. The highest BCUT2D eigenvalue weighted by Crippen LogP contribution is 2.10. The Morgan fingerprint density at radius 2 is 1.88 bits per heavy atom. The molecule has 0 unspecified atom stereocenters. The zero-order valence-corrected chi connectivity index (χ0v) is 11.6. The fraction of sp³-hybridized carbons (Fsp3) is 1.00. The molecule has 0 atom stereocenters. The van der Waals surface area contributed by atoms with Gasteiger partial charge in [-0.1, -0.05) is 12.8 Å². The molecule has 1 fully saturated rings. The van der Waals surface area contributed by atoms with Crippen LogP contribution in [-0.4, -0.2) is 38.2 Å². The summed E-state index contributed by atoms with van der Waals surface area (Å²) in [5, 5.41) is 7.03. The average Bonchev–Trinajstić information content (AvgIpc) is 2.34. The summed E-state index contributed by atoms with van der Waals surface area (Å²) in [6.45, 7) is 4.91. The van der Waals surface area contributed by atoms with Crippen molar-refractivity contribution < 1.29 is 0 Å². The first-order valence-corrected chi connectivity index (χ1v) is 8.23. The number of unbranched alkanes of at least 4 members (excludes halogenated alkanes) is 3. The van der Waals surface area contributed by atoms with Gasteiger partial charge in [0.15, 0.2) is 0 Å². The molecule has 1 aliphatic heterocycles. The van der Waals surface area contributed by atoms with E-state index in [-0.39, 0.29) is 0 Å².